The second-order valence-electron chi connectivity index (χ2n) is 9.87. The fraction of sp³-hybridized carbons (Fsp3) is 0.417. The third-order valence-electron chi connectivity index (χ3n) is 5.65. The van der Waals surface area contributed by atoms with Crippen LogP contribution in [-0.2, 0) is 16.6 Å². The molecule has 2 heterocycles. The summed E-state index contributed by atoms with van der Waals surface area (Å²) in [7, 11) is -3.44. The highest BCUT2D eigenvalue weighted by molar-refractivity contribution is 7.90. The van der Waals surface area contributed by atoms with E-state index in [1.54, 1.807) is 13.0 Å². The van der Waals surface area contributed by atoms with Crippen molar-refractivity contribution in [3.05, 3.63) is 53.4 Å². The van der Waals surface area contributed by atoms with Crippen LogP contribution in [-0.4, -0.2) is 23.2 Å². The first-order valence-electron chi connectivity index (χ1n) is 10.8. The first kappa shape index (κ1) is 23.3. The van der Waals surface area contributed by atoms with Gasteiger partial charge in [0.05, 0.1) is 22.7 Å². The number of hydrogen-bond acceptors (Lipinski definition) is 4. The molecule has 0 saturated heterocycles. The van der Waals surface area contributed by atoms with Crippen LogP contribution in [0, 0.1) is 28.4 Å². The molecule has 1 atom stereocenters. The summed E-state index contributed by atoms with van der Waals surface area (Å²) < 4.78 is 58.5. The highest BCUT2D eigenvalue weighted by atomic mass is 32.2. The molecule has 6 nitrogen and oxygen atoms in total. The third kappa shape index (κ3) is 4.77. The molecule has 33 heavy (non-hydrogen) atoms. The fourth-order valence-corrected chi connectivity index (χ4v) is 5.60. The van der Waals surface area contributed by atoms with Crippen LogP contribution in [0.15, 0.2) is 30.6 Å². The number of benzene rings is 1. The number of pyridine rings is 1. The van der Waals surface area contributed by atoms with Gasteiger partial charge in [-0.05, 0) is 48.9 Å². The van der Waals surface area contributed by atoms with Gasteiger partial charge in [0, 0.05) is 35.2 Å². The smallest absolute Gasteiger partial charge is 0.215 e. The van der Waals surface area contributed by atoms with Gasteiger partial charge < -0.3 is 4.57 Å². The summed E-state index contributed by atoms with van der Waals surface area (Å²) in [5.74, 6) is -1.29. The minimum atomic E-state index is -3.44. The minimum Gasteiger partial charge on any atom is -0.347 e. The standard InChI is InChI=1S/C24H26F2N4O2S/c1-14(29-33(31,32)17-5-6-17)20-12-30(13-24(2,3)4)22-9-19(21(26)8-18(20)22)23-15(10-27)7-16(25)11-28-23/h7-9,11-12,14,17,29H,5-6,13H2,1-4H3. The predicted molar refractivity (Wildman–Crippen MR) is 123 cm³/mol. The lowest BCUT2D eigenvalue weighted by Crippen LogP contribution is -2.29. The number of hydrogen-bond donors (Lipinski definition) is 1. The maximum atomic E-state index is 15.3. The average Bonchev–Trinajstić information content (AvgIpc) is 3.51. The second-order valence-corrected chi connectivity index (χ2v) is 11.9. The van der Waals surface area contributed by atoms with E-state index >= 15 is 4.39 Å². The van der Waals surface area contributed by atoms with Crippen LogP contribution >= 0.6 is 0 Å². The molecule has 0 radical (unpaired) electrons. The molecule has 1 saturated carbocycles. The van der Waals surface area contributed by atoms with E-state index in [4.69, 9.17) is 0 Å². The van der Waals surface area contributed by atoms with Gasteiger partial charge in [-0.2, -0.15) is 5.26 Å². The summed E-state index contributed by atoms with van der Waals surface area (Å²) in [6, 6.07) is 5.29. The third-order valence-corrected chi connectivity index (χ3v) is 7.68. The number of nitrogens with zero attached hydrogens (tertiary/aromatic N) is 3. The van der Waals surface area contributed by atoms with Gasteiger partial charge in [-0.25, -0.2) is 21.9 Å². The molecule has 4 rings (SSSR count). The van der Waals surface area contributed by atoms with Gasteiger partial charge in [0.25, 0.3) is 0 Å². The Morgan fingerprint density at radius 2 is 1.97 bits per heavy atom. The second kappa shape index (κ2) is 8.19. The first-order chi connectivity index (χ1) is 15.4. The highest BCUT2D eigenvalue weighted by Gasteiger charge is 2.37. The molecule has 9 heteroatoms. The molecule has 0 aliphatic heterocycles. The van der Waals surface area contributed by atoms with Crippen molar-refractivity contribution in [3.8, 4) is 17.3 Å². The number of fused-ring (bicyclic) bond motifs is 1. The molecule has 0 amide bonds. The summed E-state index contributed by atoms with van der Waals surface area (Å²) in [4.78, 5) is 3.97. The van der Waals surface area contributed by atoms with Gasteiger partial charge in [-0.1, -0.05) is 20.8 Å². The van der Waals surface area contributed by atoms with Crippen molar-refractivity contribution in [2.45, 2.75) is 58.4 Å². The van der Waals surface area contributed by atoms with E-state index in [1.807, 2.05) is 16.8 Å². The van der Waals surface area contributed by atoms with Crippen LogP contribution in [0.2, 0.25) is 0 Å². The summed E-state index contributed by atoms with van der Waals surface area (Å²) in [6.45, 7) is 8.54. The van der Waals surface area contributed by atoms with Crippen LogP contribution in [0.1, 0.15) is 57.7 Å². The zero-order valence-electron chi connectivity index (χ0n) is 19.0. The van der Waals surface area contributed by atoms with Crippen molar-refractivity contribution in [1.29, 1.82) is 5.26 Å². The average molecular weight is 473 g/mol. The highest BCUT2D eigenvalue weighted by Crippen LogP contribution is 2.36. The van der Waals surface area contributed by atoms with Crippen molar-refractivity contribution in [1.82, 2.24) is 14.3 Å². The van der Waals surface area contributed by atoms with E-state index in [9.17, 15) is 18.1 Å². The molecule has 1 fully saturated rings. The first-order valence-corrected chi connectivity index (χ1v) is 12.3. The van der Waals surface area contributed by atoms with Crippen molar-refractivity contribution in [2.75, 3.05) is 0 Å². The predicted octanol–water partition coefficient (Wildman–Crippen LogP) is 5.04. The van der Waals surface area contributed by atoms with Gasteiger partial charge in [0.2, 0.25) is 10.0 Å². The van der Waals surface area contributed by atoms with Gasteiger partial charge in [0.15, 0.2) is 0 Å². The van der Waals surface area contributed by atoms with E-state index in [-0.39, 0.29) is 27.5 Å². The number of nitriles is 1. The van der Waals surface area contributed by atoms with Crippen molar-refractivity contribution in [3.63, 3.8) is 0 Å². The van der Waals surface area contributed by atoms with Gasteiger partial charge in [0.1, 0.15) is 17.7 Å². The molecule has 0 bridgehead atoms. The van der Waals surface area contributed by atoms with E-state index in [2.05, 4.69) is 30.5 Å². The maximum absolute atomic E-state index is 15.3. The van der Waals surface area contributed by atoms with Crippen molar-refractivity contribution in [2.24, 2.45) is 5.41 Å². The quantitative estimate of drug-likeness (QED) is 0.544. The molecule has 1 aliphatic rings. The van der Waals surface area contributed by atoms with Crippen molar-refractivity contribution < 1.29 is 17.2 Å². The Kier molecular flexibility index (Phi) is 5.79. The van der Waals surface area contributed by atoms with Crippen LogP contribution in [0.25, 0.3) is 22.2 Å². The Morgan fingerprint density at radius 1 is 1.27 bits per heavy atom. The van der Waals surface area contributed by atoms with E-state index < -0.39 is 27.7 Å². The SMILES string of the molecule is CC(NS(=O)(=O)C1CC1)c1cn(CC(C)(C)C)c2cc(-c3ncc(F)cc3C#N)c(F)cc12. The molecule has 1 aromatic carbocycles. The molecular weight excluding hydrogens is 446 g/mol. The summed E-state index contributed by atoms with van der Waals surface area (Å²) in [6.07, 6.45) is 4.10. The molecule has 3 aromatic rings. The molecule has 2 aromatic heterocycles. The van der Waals surface area contributed by atoms with Gasteiger partial charge in [-0.15, -0.1) is 0 Å². The lowest BCUT2D eigenvalue weighted by molar-refractivity contribution is 0.349. The minimum absolute atomic E-state index is 0.0610. The van der Waals surface area contributed by atoms with Crippen LogP contribution in [0.5, 0.6) is 0 Å². The fourth-order valence-electron chi connectivity index (χ4n) is 4.03. The lowest BCUT2D eigenvalue weighted by Gasteiger charge is -2.20. The molecule has 174 valence electrons. The monoisotopic (exact) mass is 472 g/mol. The Bertz CT molecular complexity index is 1380. The maximum Gasteiger partial charge on any atom is 0.215 e. The van der Waals surface area contributed by atoms with Crippen LogP contribution in [0.3, 0.4) is 0 Å². The van der Waals surface area contributed by atoms with Gasteiger partial charge >= 0.3 is 0 Å². The topological polar surface area (TPSA) is 87.8 Å². The number of rotatable bonds is 6. The van der Waals surface area contributed by atoms with Crippen molar-refractivity contribution >= 4 is 20.9 Å². The number of aromatic nitrogens is 2. The number of nitrogens with one attached hydrogen (secondary N) is 1. The lowest BCUT2D eigenvalue weighted by atomic mass is 9.96. The zero-order chi connectivity index (χ0) is 24.1. The largest absolute Gasteiger partial charge is 0.347 e. The van der Waals surface area contributed by atoms with E-state index in [0.29, 0.717) is 35.9 Å². The Hall–Kier alpha value is -2.83. The molecule has 1 N–H and O–H groups in total. The Balaban J connectivity index is 1.88. The number of sulfonamides is 1. The molecule has 1 unspecified atom stereocenters. The van der Waals surface area contributed by atoms with Crippen LogP contribution < -0.4 is 4.72 Å². The zero-order valence-corrected chi connectivity index (χ0v) is 19.8. The van der Waals surface area contributed by atoms with E-state index in [1.165, 1.54) is 6.07 Å². The van der Waals surface area contributed by atoms with Gasteiger partial charge in [-0.3, -0.25) is 4.98 Å². The summed E-state index contributed by atoms with van der Waals surface area (Å²) in [5.41, 5.74) is 1.32. The molecule has 1 aliphatic carbocycles. The Morgan fingerprint density at radius 3 is 2.58 bits per heavy atom. The Labute approximate surface area is 192 Å². The molecular formula is C24H26F2N4O2S. The normalized spacial score (nSPS) is 15.5. The number of halogens is 2. The molecule has 0 spiro atoms. The summed E-state index contributed by atoms with van der Waals surface area (Å²) in [5, 5.41) is 9.62. The van der Waals surface area contributed by atoms with E-state index in [0.717, 1.165) is 12.3 Å². The summed E-state index contributed by atoms with van der Waals surface area (Å²) >= 11 is 0. The van der Waals surface area contributed by atoms with Crippen LogP contribution in [0.4, 0.5) is 8.78 Å².